The van der Waals surface area contributed by atoms with E-state index in [2.05, 4.69) is 24.0 Å². The van der Waals surface area contributed by atoms with Crippen LogP contribution < -0.4 is 5.73 Å². The number of hydrogen-bond acceptors (Lipinski definition) is 5. The van der Waals surface area contributed by atoms with Gasteiger partial charge in [-0.05, 0) is 25.5 Å². The van der Waals surface area contributed by atoms with Gasteiger partial charge in [0.05, 0.1) is 11.3 Å². The zero-order chi connectivity index (χ0) is 12.0. The van der Waals surface area contributed by atoms with Gasteiger partial charge in [-0.1, -0.05) is 25.4 Å². The Bertz CT molecular complexity index is 312. The minimum absolute atomic E-state index is 0.491. The van der Waals surface area contributed by atoms with E-state index in [9.17, 15) is 0 Å². The molecule has 1 unspecified atom stereocenters. The fraction of sp³-hybridized carbons (Fsp3) is 0.818. The number of aromatic nitrogens is 2. The van der Waals surface area contributed by atoms with Crippen molar-refractivity contribution < 1.29 is 4.52 Å². The maximum absolute atomic E-state index is 6.11. The van der Waals surface area contributed by atoms with Crippen molar-refractivity contribution in [1.29, 1.82) is 0 Å². The molecule has 92 valence electrons. The van der Waals surface area contributed by atoms with Gasteiger partial charge >= 0.3 is 0 Å². The average Bonchev–Trinajstić information content (AvgIpc) is 2.67. The summed E-state index contributed by atoms with van der Waals surface area (Å²) in [5, 5.41) is 3.95. The molecule has 0 aliphatic carbocycles. The lowest BCUT2D eigenvalue weighted by Crippen LogP contribution is -2.33. The Hall–Kier alpha value is -0.550. The van der Waals surface area contributed by atoms with Gasteiger partial charge in [-0.3, -0.25) is 0 Å². The minimum Gasteiger partial charge on any atom is -0.337 e. The smallest absolute Gasteiger partial charge is 0.246 e. The van der Waals surface area contributed by atoms with E-state index < -0.39 is 5.54 Å². The van der Waals surface area contributed by atoms with Crippen LogP contribution in [0.1, 0.15) is 51.7 Å². The molecule has 0 aliphatic rings. The topological polar surface area (TPSA) is 64.9 Å². The van der Waals surface area contributed by atoms with E-state index in [-0.39, 0.29) is 0 Å². The highest BCUT2D eigenvalue weighted by Gasteiger charge is 2.27. The van der Waals surface area contributed by atoms with Crippen molar-refractivity contribution in [2.24, 2.45) is 5.73 Å². The van der Waals surface area contributed by atoms with Crippen LogP contribution in [0.2, 0.25) is 0 Å². The van der Waals surface area contributed by atoms with Crippen LogP contribution in [0.15, 0.2) is 4.52 Å². The first-order chi connectivity index (χ1) is 7.60. The van der Waals surface area contributed by atoms with Gasteiger partial charge in [-0.25, -0.2) is 0 Å². The molecular formula is C11H21N3OS. The molecule has 0 fully saturated rings. The SMILES string of the molecule is CCCSCc1noc(C(C)(N)CCC)n1. The molecule has 16 heavy (non-hydrogen) atoms. The summed E-state index contributed by atoms with van der Waals surface area (Å²) in [6, 6.07) is 0. The van der Waals surface area contributed by atoms with Crippen molar-refractivity contribution in [2.75, 3.05) is 5.75 Å². The van der Waals surface area contributed by atoms with Crippen LogP contribution in [-0.4, -0.2) is 15.9 Å². The molecule has 2 N–H and O–H groups in total. The summed E-state index contributed by atoms with van der Waals surface area (Å²) in [5.41, 5.74) is 5.62. The molecule has 0 radical (unpaired) electrons. The lowest BCUT2D eigenvalue weighted by molar-refractivity contribution is 0.282. The van der Waals surface area contributed by atoms with Gasteiger partial charge in [0.1, 0.15) is 0 Å². The zero-order valence-electron chi connectivity index (χ0n) is 10.3. The fourth-order valence-electron chi connectivity index (χ4n) is 1.48. The molecule has 0 amide bonds. The molecule has 0 saturated heterocycles. The molecule has 0 saturated carbocycles. The van der Waals surface area contributed by atoms with Gasteiger partial charge < -0.3 is 10.3 Å². The van der Waals surface area contributed by atoms with E-state index in [1.54, 1.807) is 0 Å². The summed E-state index contributed by atoms with van der Waals surface area (Å²) >= 11 is 1.82. The zero-order valence-corrected chi connectivity index (χ0v) is 11.1. The lowest BCUT2D eigenvalue weighted by atomic mass is 9.98. The second-order valence-corrected chi connectivity index (χ2v) is 5.34. The normalized spacial score (nSPS) is 15.0. The number of thioether (sulfide) groups is 1. The molecule has 0 aromatic carbocycles. The van der Waals surface area contributed by atoms with Crippen molar-refractivity contribution in [1.82, 2.24) is 10.1 Å². The Labute approximate surface area is 101 Å². The summed E-state index contributed by atoms with van der Waals surface area (Å²) in [4.78, 5) is 4.35. The second kappa shape index (κ2) is 6.25. The third-order valence-electron chi connectivity index (χ3n) is 2.31. The van der Waals surface area contributed by atoms with E-state index in [4.69, 9.17) is 10.3 Å². The van der Waals surface area contributed by atoms with Gasteiger partial charge in [0, 0.05) is 0 Å². The molecule has 0 bridgehead atoms. The molecule has 0 aliphatic heterocycles. The minimum atomic E-state index is -0.491. The van der Waals surface area contributed by atoms with Crippen LogP contribution in [-0.2, 0) is 11.3 Å². The lowest BCUT2D eigenvalue weighted by Gasteiger charge is -2.18. The van der Waals surface area contributed by atoms with Crippen LogP contribution in [0.5, 0.6) is 0 Å². The number of nitrogens with zero attached hydrogens (tertiary/aromatic N) is 2. The number of nitrogens with two attached hydrogens (primary N) is 1. The van der Waals surface area contributed by atoms with Crippen molar-refractivity contribution in [3.05, 3.63) is 11.7 Å². The number of hydrogen-bond donors (Lipinski definition) is 1. The molecule has 1 heterocycles. The van der Waals surface area contributed by atoms with Gasteiger partial charge in [-0.15, -0.1) is 0 Å². The molecular weight excluding hydrogens is 222 g/mol. The second-order valence-electron chi connectivity index (χ2n) is 4.24. The highest BCUT2D eigenvalue weighted by atomic mass is 32.2. The molecule has 1 aromatic heterocycles. The monoisotopic (exact) mass is 243 g/mol. The predicted molar refractivity (Wildman–Crippen MR) is 67.2 cm³/mol. The van der Waals surface area contributed by atoms with Gasteiger partial charge in [0.15, 0.2) is 5.82 Å². The van der Waals surface area contributed by atoms with E-state index in [0.717, 1.165) is 30.2 Å². The summed E-state index contributed by atoms with van der Waals surface area (Å²) < 4.78 is 5.21. The molecule has 0 spiro atoms. The van der Waals surface area contributed by atoms with Crippen molar-refractivity contribution >= 4 is 11.8 Å². The van der Waals surface area contributed by atoms with Crippen molar-refractivity contribution in [3.63, 3.8) is 0 Å². The molecule has 1 rings (SSSR count). The summed E-state index contributed by atoms with van der Waals surface area (Å²) in [7, 11) is 0. The van der Waals surface area contributed by atoms with Gasteiger partial charge in [0.25, 0.3) is 0 Å². The summed E-state index contributed by atoms with van der Waals surface area (Å²) in [6.07, 6.45) is 3.03. The Morgan fingerprint density at radius 3 is 2.75 bits per heavy atom. The van der Waals surface area contributed by atoms with Crippen molar-refractivity contribution in [2.45, 2.75) is 51.3 Å². The molecule has 1 atom stereocenters. The third-order valence-corrected chi connectivity index (χ3v) is 3.46. The van der Waals surface area contributed by atoms with E-state index >= 15 is 0 Å². The Balaban J connectivity index is 2.56. The average molecular weight is 243 g/mol. The number of rotatable bonds is 7. The molecule has 5 heteroatoms. The van der Waals surface area contributed by atoms with Gasteiger partial charge in [0.2, 0.25) is 5.89 Å². The largest absolute Gasteiger partial charge is 0.337 e. The maximum Gasteiger partial charge on any atom is 0.246 e. The third kappa shape index (κ3) is 3.79. The first-order valence-electron chi connectivity index (χ1n) is 5.79. The van der Waals surface area contributed by atoms with Crippen LogP contribution in [0, 0.1) is 0 Å². The van der Waals surface area contributed by atoms with Crippen molar-refractivity contribution in [3.8, 4) is 0 Å². The van der Waals surface area contributed by atoms with Crippen LogP contribution >= 0.6 is 11.8 Å². The first kappa shape index (κ1) is 13.5. The highest BCUT2D eigenvalue weighted by molar-refractivity contribution is 7.98. The Morgan fingerprint density at radius 1 is 1.38 bits per heavy atom. The highest BCUT2D eigenvalue weighted by Crippen LogP contribution is 2.22. The van der Waals surface area contributed by atoms with Crippen LogP contribution in [0.4, 0.5) is 0 Å². The Morgan fingerprint density at radius 2 is 2.12 bits per heavy atom. The standard InChI is InChI=1S/C11H21N3OS/c1-4-6-11(3,12)10-13-9(14-15-10)8-16-7-5-2/h4-8,12H2,1-3H3. The summed E-state index contributed by atoms with van der Waals surface area (Å²) in [5.74, 6) is 3.24. The van der Waals surface area contributed by atoms with Gasteiger partial charge in [-0.2, -0.15) is 16.7 Å². The Kier molecular flexibility index (Phi) is 5.28. The predicted octanol–water partition coefficient (Wildman–Crippen LogP) is 2.69. The van der Waals surface area contributed by atoms with E-state index in [1.165, 1.54) is 6.42 Å². The molecule has 4 nitrogen and oxygen atoms in total. The van der Waals surface area contributed by atoms with E-state index in [1.807, 2.05) is 18.7 Å². The summed E-state index contributed by atoms with van der Waals surface area (Å²) in [6.45, 7) is 6.19. The molecule has 1 aromatic rings. The quantitative estimate of drug-likeness (QED) is 0.746. The maximum atomic E-state index is 6.11. The van der Waals surface area contributed by atoms with E-state index in [0.29, 0.717) is 5.89 Å². The first-order valence-corrected chi connectivity index (χ1v) is 6.95. The fourth-order valence-corrected chi connectivity index (χ4v) is 2.21. The van der Waals surface area contributed by atoms with Crippen LogP contribution in [0.25, 0.3) is 0 Å². The van der Waals surface area contributed by atoms with Crippen LogP contribution in [0.3, 0.4) is 0 Å².